The molecule has 178 valence electrons. The van der Waals surface area contributed by atoms with E-state index in [0.717, 1.165) is 57.3 Å². The van der Waals surface area contributed by atoms with Crippen molar-refractivity contribution in [1.82, 2.24) is 40.0 Å². The van der Waals surface area contributed by atoms with E-state index in [4.69, 9.17) is 4.98 Å². The van der Waals surface area contributed by atoms with E-state index in [1.54, 1.807) is 18.6 Å². The molecule has 8 heteroatoms. The van der Waals surface area contributed by atoms with Gasteiger partial charge in [0.1, 0.15) is 5.69 Å². The number of aromatic nitrogens is 7. The van der Waals surface area contributed by atoms with Crippen LogP contribution in [0.25, 0.3) is 55.8 Å². The number of hydrogen-bond acceptors (Lipinski definition) is 6. The predicted octanol–water partition coefficient (Wildman–Crippen LogP) is 5.25. The number of H-pyrrole nitrogens is 2. The maximum atomic E-state index is 4.94. The van der Waals surface area contributed by atoms with Crippen LogP contribution < -0.4 is 0 Å². The highest BCUT2D eigenvalue weighted by molar-refractivity contribution is 5.96. The summed E-state index contributed by atoms with van der Waals surface area (Å²) in [6.07, 6.45) is 10.0. The van der Waals surface area contributed by atoms with Crippen LogP contribution in [0.1, 0.15) is 18.1 Å². The first-order chi connectivity index (χ1) is 17.6. The lowest BCUT2D eigenvalue weighted by molar-refractivity contribution is 0.402. The molecule has 1 aromatic carbocycles. The van der Waals surface area contributed by atoms with Crippen LogP contribution in [0.5, 0.6) is 0 Å². The maximum Gasteiger partial charge on any atom is 0.181 e. The summed E-state index contributed by atoms with van der Waals surface area (Å²) in [5, 5.41) is 8.51. The highest BCUT2D eigenvalue weighted by Crippen LogP contribution is 2.32. The fourth-order valence-corrected chi connectivity index (χ4v) is 4.62. The Balaban J connectivity index is 1.46. The minimum atomic E-state index is 0.654. The highest BCUT2D eigenvalue weighted by atomic mass is 15.2. The second-order valence-corrected chi connectivity index (χ2v) is 9.23. The molecule has 5 aromatic heterocycles. The molecule has 0 aliphatic rings. The normalized spacial score (nSPS) is 11.7. The highest BCUT2D eigenvalue weighted by Gasteiger charge is 2.16. The third-order valence-electron chi connectivity index (χ3n) is 6.32. The van der Waals surface area contributed by atoms with Gasteiger partial charge in [-0.25, -0.2) is 9.97 Å². The fourth-order valence-electron chi connectivity index (χ4n) is 4.62. The SMILES string of the molecule is CCc1cc(CN(C)C)cc(-c2cnc3n[nH]c(-c4nc5c(-c6ccncc6)cncc5[nH]4)c3c2)c1. The van der Waals surface area contributed by atoms with Crippen LogP contribution >= 0.6 is 0 Å². The summed E-state index contributed by atoms with van der Waals surface area (Å²) in [6, 6.07) is 12.8. The average Bonchev–Trinajstić information content (AvgIpc) is 3.52. The van der Waals surface area contributed by atoms with Gasteiger partial charge >= 0.3 is 0 Å². The van der Waals surface area contributed by atoms with Gasteiger partial charge in [-0.1, -0.05) is 19.1 Å². The van der Waals surface area contributed by atoms with E-state index in [0.29, 0.717) is 11.5 Å². The Morgan fingerprint density at radius 1 is 0.861 bits per heavy atom. The molecule has 36 heavy (non-hydrogen) atoms. The topological polar surface area (TPSA) is 99.3 Å². The van der Waals surface area contributed by atoms with Crippen LogP contribution in [-0.2, 0) is 13.0 Å². The minimum Gasteiger partial charge on any atom is -0.335 e. The number of aromatic amines is 2. The molecular formula is C28H26N8. The van der Waals surface area contributed by atoms with Gasteiger partial charge in [-0.3, -0.25) is 15.1 Å². The third kappa shape index (κ3) is 4.01. The summed E-state index contributed by atoms with van der Waals surface area (Å²) in [5.41, 5.74) is 9.93. The van der Waals surface area contributed by atoms with Crippen LogP contribution in [-0.4, -0.2) is 54.1 Å². The molecule has 6 aromatic rings. The number of imidazole rings is 1. The van der Waals surface area contributed by atoms with Gasteiger partial charge in [0.2, 0.25) is 0 Å². The van der Waals surface area contributed by atoms with Crippen LogP contribution in [0.3, 0.4) is 0 Å². The summed E-state index contributed by atoms with van der Waals surface area (Å²) in [5.74, 6) is 0.699. The van der Waals surface area contributed by atoms with E-state index in [2.05, 4.69) is 80.3 Å². The van der Waals surface area contributed by atoms with E-state index in [1.807, 2.05) is 24.5 Å². The zero-order valence-corrected chi connectivity index (χ0v) is 20.4. The van der Waals surface area contributed by atoms with Crippen molar-refractivity contribution in [2.45, 2.75) is 19.9 Å². The first kappa shape index (κ1) is 22.1. The van der Waals surface area contributed by atoms with Crippen molar-refractivity contribution in [3.63, 3.8) is 0 Å². The van der Waals surface area contributed by atoms with Crippen molar-refractivity contribution in [3.8, 4) is 33.8 Å². The Morgan fingerprint density at radius 2 is 1.69 bits per heavy atom. The molecule has 0 saturated heterocycles. The van der Waals surface area contributed by atoms with Crippen LogP contribution in [0.15, 0.2) is 67.4 Å². The summed E-state index contributed by atoms with van der Waals surface area (Å²) in [7, 11) is 4.18. The lowest BCUT2D eigenvalue weighted by Gasteiger charge is -2.13. The number of fused-ring (bicyclic) bond motifs is 2. The van der Waals surface area contributed by atoms with Crippen LogP contribution in [0, 0.1) is 0 Å². The van der Waals surface area contributed by atoms with Crippen molar-refractivity contribution in [3.05, 3.63) is 78.5 Å². The summed E-state index contributed by atoms with van der Waals surface area (Å²) in [6.45, 7) is 3.07. The van der Waals surface area contributed by atoms with Crippen LogP contribution in [0.4, 0.5) is 0 Å². The first-order valence-corrected chi connectivity index (χ1v) is 12.0. The second-order valence-electron chi connectivity index (χ2n) is 9.23. The zero-order valence-electron chi connectivity index (χ0n) is 20.4. The quantitative estimate of drug-likeness (QED) is 0.342. The van der Waals surface area contributed by atoms with Crippen molar-refractivity contribution in [2.75, 3.05) is 14.1 Å². The number of rotatable bonds is 6. The van der Waals surface area contributed by atoms with E-state index in [1.165, 1.54) is 11.1 Å². The monoisotopic (exact) mass is 474 g/mol. The molecule has 0 atom stereocenters. The largest absolute Gasteiger partial charge is 0.335 e. The van der Waals surface area contributed by atoms with E-state index in [9.17, 15) is 0 Å². The number of hydrogen-bond donors (Lipinski definition) is 2. The Hall–Kier alpha value is -4.43. The molecule has 2 N–H and O–H groups in total. The Labute approximate surface area is 208 Å². The second kappa shape index (κ2) is 8.98. The van der Waals surface area contributed by atoms with Crippen LogP contribution in [0.2, 0.25) is 0 Å². The molecule has 0 spiro atoms. The van der Waals surface area contributed by atoms with Crippen molar-refractivity contribution in [1.29, 1.82) is 0 Å². The number of pyridine rings is 3. The molecule has 0 radical (unpaired) electrons. The molecular weight excluding hydrogens is 448 g/mol. The van der Waals surface area contributed by atoms with Gasteiger partial charge in [0, 0.05) is 42.5 Å². The van der Waals surface area contributed by atoms with Gasteiger partial charge in [0.05, 0.1) is 22.6 Å². The molecule has 0 bridgehead atoms. The molecule has 8 nitrogen and oxygen atoms in total. The summed E-state index contributed by atoms with van der Waals surface area (Å²) < 4.78 is 0. The summed E-state index contributed by atoms with van der Waals surface area (Å²) >= 11 is 0. The Morgan fingerprint density at radius 3 is 2.50 bits per heavy atom. The van der Waals surface area contributed by atoms with Gasteiger partial charge in [0.15, 0.2) is 11.5 Å². The molecule has 5 heterocycles. The maximum absolute atomic E-state index is 4.94. The number of nitrogens with one attached hydrogen (secondary N) is 2. The molecule has 0 unspecified atom stereocenters. The van der Waals surface area contributed by atoms with E-state index >= 15 is 0 Å². The van der Waals surface area contributed by atoms with E-state index < -0.39 is 0 Å². The molecule has 0 aliphatic heterocycles. The van der Waals surface area contributed by atoms with E-state index in [-0.39, 0.29) is 0 Å². The number of aryl methyl sites for hydroxylation is 1. The van der Waals surface area contributed by atoms with Gasteiger partial charge in [-0.15, -0.1) is 0 Å². The zero-order chi connectivity index (χ0) is 24.6. The molecule has 0 fully saturated rings. The smallest absolute Gasteiger partial charge is 0.181 e. The summed E-state index contributed by atoms with van der Waals surface area (Å²) in [4.78, 5) is 23.7. The van der Waals surface area contributed by atoms with Gasteiger partial charge in [-0.2, -0.15) is 5.10 Å². The third-order valence-corrected chi connectivity index (χ3v) is 6.32. The minimum absolute atomic E-state index is 0.654. The number of nitrogens with zero attached hydrogens (tertiary/aromatic N) is 6. The van der Waals surface area contributed by atoms with Gasteiger partial charge in [0.25, 0.3) is 0 Å². The average molecular weight is 475 g/mol. The first-order valence-electron chi connectivity index (χ1n) is 12.0. The van der Waals surface area contributed by atoms with Gasteiger partial charge in [-0.05, 0) is 67.0 Å². The predicted molar refractivity (Wildman–Crippen MR) is 142 cm³/mol. The molecule has 0 aliphatic carbocycles. The van der Waals surface area contributed by atoms with Crippen molar-refractivity contribution < 1.29 is 0 Å². The fraction of sp³-hybridized carbons (Fsp3) is 0.179. The molecule has 0 amide bonds. The molecule has 0 saturated carbocycles. The Kier molecular flexibility index (Phi) is 5.50. The number of benzene rings is 1. The lowest BCUT2D eigenvalue weighted by Crippen LogP contribution is -2.10. The van der Waals surface area contributed by atoms with Crippen molar-refractivity contribution in [2.24, 2.45) is 0 Å². The standard InChI is InChI=1S/C28H26N8/c1-4-17-9-18(16-36(2)3)11-20(10-17)21-12-22-26(34-35-27(22)31-13-21)28-32-24-15-30-14-23(25(24)33-28)19-5-7-29-8-6-19/h5-15H,4,16H2,1-3H3,(H,32,33)(H,31,34,35). The lowest BCUT2D eigenvalue weighted by atomic mass is 9.98. The van der Waals surface area contributed by atoms with Gasteiger partial charge < -0.3 is 9.88 Å². The Bertz CT molecular complexity index is 1680. The molecule has 6 rings (SSSR count). The van der Waals surface area contributed by atoms with Crippen molar-refractivity contribution >= 4 is 22.1 Å².